The first-order valence-electron chi connectivity index (χ1n) is 6.00. The van der Waals surface area contributed by atoms with Crippen LogP contribution in [0.15, 0.2) is 6.20 Å². The Morgan fingerprint density at radius 3 is 2.94 bits per heavy atom. The van der Waals surface area contributed by atoms with Crippen LogP contribution in [0.4, 0.5) is 11.8 Å². The van der Waals surface area contributed by atoms with Crippen molar-refractivity contribution in [3.8, 4) is 0 Å². The third-order valence-corrected chi connectivity index (χ3v) is 3.14. The second-order valence-electron chi connectivity index (χ2n) is 4.97. The van der Waals surface area contributed by atoms with E-state index in [1.807, 2.05) is 20.0 Å². The average molecular weight is 236 g/mol. The molecule has 2 N–H and O–H groups in total. The maximum absolute atomic E-state index is 10.1. The summed E-state index contributed by atoms with van der Waals surface area (Å²) < 4.78 is 0. The third kappa shape index (κ3) is 2.66. The summed E-state index contributed by atoms with van der Waals surface area (Å²) in [4.78, 5) is 10.8. The zero-order valence-electron chi connectivity index (χ0n) is 10.7. The second-order valence-corrected chi connectivity index (χ2v) is 4.97. The average Bonchev–Trinajstić information content (AvgIpc) is 2.28. The maximum atomic E-state index is 10.1. The number of β-amino-alcohol motifs (C(OH)–C–C–N with tert-alkyl or cyclic N) is 1. The van der Waals surface area contributed by atoms with Crippen LogP contribution in [0.3, 0.4) is 0 Å². The number of aromatic nitrogens is 2. The van der Waals surface area contributed by atoms with Crippen molar-refractivity contribution in [1.29, 1.82) is 0 Å². The van der Waals surface area contributed by atoms with Crippen molar-refractivity contribution in [1.82, 2.24) is 9.97 Å². The third-order valence-electron chi connectivity index (χ3n) is 3.14. The highest BCUT2D eigenvalue weighted by Crippen LogP contribution is 2.26. The smallest absolute Gasteiger partial charge is 0.224 e. The number of hydrogen-bond acceptors (Lipinski definition) is 5. The number of aryl methyl sites for hydroxylation is 1. The normalized spacial score (nSPS) is 24.8. The van der Waals surface area contributed by atoms with Crippen LogP contribution in [0.2, 0.25) is 0 Å². The van der Waals surface area contributed by atoms with Gasteiger partial charge < -0.3 is 15.3 Å². The van der Waals surface area contributed by atoms with Crippen LogP contribution in [0, 0.1) is 6.92 Å². The Labute approximate surface area is 102 Å². The highest BCUT2D eigenvalue weighted by Gasteiger charge is 2.29. The number of aliphatic hydroxyl groups is 1. The van der Waals surface area contributed by atoms with E-state index in [-0.39, 0.29) is 0 Å². The van der Waals surface area contributed by atoms with Crippen LogP contribution >= 0.6 is 0 Å². The van der Waals surface area contributed by atoms with Gasteiger partial charge in [-0.2, -0.15) is 4.98 Å². The zero-order chi connectivity index (χ0) is 12.5. The first-order valence-corrected chi connectivity index (χ1v) is 6.00. The molecule has 5 heteroatoms. The minimum absolute atomic E-state index is 0.616. The van der Waals surface area contributed by atoms with E-state index in [1.165, 1.54) is 0 Å². The Kier molecular flexibility index (Phi) is 3.19. The maximum Gasteiger partial charge on any atom is 0.224 e. The van der Waals surface area contributed by atoms with Gasteiger partial charge in [0.05, 0.1) is 5.60 Å². The highest BCUT2D eigenvalue weighted by atomic mass is 16.3. The lowest BCUT2D eigenvalue weighted by Gasteiger charge is -2.38. The predicted molar refractivity (Wildman–Crippen MR) is 68.4 cm³/mol. The Hall–Kier alpha value is -1.36. The molecule has 94 valence electrons. The van der Waals surface area contributed by atoms with Gasteiger partial charge in [-0.05, 0) is 26.7 Å². The van der Waals surface area contributed by atoms with Crippen LogP contribution in [0.1, 0.15) is 25.3 Å². The van der Waals surface area contributed by atoms with Crippen molar-refractivity contribution in [3.63, 3.8) is 0 Å². The summed E-state index contributed by atoms with van der Waals surface area (Å²) in [6.45, 7) is 5.46. The van der Waals surface area contributed by atoms with Crippen molar-refractivity contribution >= 4 is 11.8 Å². The molecule has 0 saturated carbocycles. The predicted octanol–water partition coefficient (Wildman–Crippen LogP) is 1.18. The van der Waals surface area contributed by atoms with Gasteiger partial charge in [0.2, 0.25) is 5.95 Å². The Morgan fingerprint density at radius 1 is 1.53 bits per heavy atom. The van der Waals surface area contributed by atoms with Crippen LogP contribution in [0.5, 0.6) is 0 Å². The molecule has 1 atom stereocenters. The van der Waals surface area contributed by atoms with E-state index in [1.54, 1.807) is 7.05 Å². The van der Waals surface area contributed by atoms with E-state index in [2.05, 4.69) is 20.2 Å². The van der Waals surface area contributed by atoms with Gasteiger partial charge in [0.15, 0.2) is 0 Å². The van der Waals surface area contributed by atoms with E-state index in [4.69, 9.17) is 0 Å². The van der Waals surface area contributed by atoms with Crippen molar-refractivity contribution in [2.45, 2.75) is 32.3 Å². The number of anilines is 2. The summed E-state index contributed by atoms with van der Waals surface area (Å²) in [5.41, 5.74) is 0.428. The van der Waals surface area contributed by atoms with Crippen LogP contribution < -0.4 is 10.2 Å². The van der Waals surface area contributed by atoms with Crippen molar-refractivity contribution in [2.24, 2.45) is 0 Å². The fraction of sp³-hybridized carbons (Fsp3) is 0.667. The lowest BCUT2D eigenvalue weighted by molar-refractivity contribution is 0.0447. The summed E-state index contributed by atoms with van der Waals surface area (Å²) in [5, 5.41) is 13.1. The lowest BCUT2D eigenvalue weighted by atomic mass is 9.95. The molecule has 1 aromatic heterocycles. The standard InChI is InChI=1S/C12H20N4O/c1-9-7-14-11(13-3)15-10(9)16-6-4-5-12(2,17)8-16/h7,17H,4-6,8H2,1-3H3,(H,13,14,15). The zero-order valence-corrected chi connectivity index (χ0v) is 10.7. The van der Waals surface area contributed by atoms with Crippen LogP contribution in [-0.2, 0) is 0 Å². The second kappa shape index (κ2) is 4.49. The van der Waals surface area contributed by atoms with Crippen molar-refractivity contribution in [3.05, 3.63) is 11.8 Å². The number of rotatable bonds is 2. The van der Waals surface area contributed by atoms with E-state index in [9.17, 15) is 5.11 Å². The fourth-order valence-corrected chi connectivity index (χ4v) is 2.27. The summed E-state index contributed by atoms with van der Waals surface area (Å²) in [6.07, 6.45) is 3.66. The van der Waals surface area contributed by atoms with Gasteiger partial charge in [0.25, 0.3) is 0 Å². The molecule has 0 aromatic carbocycles. The Morgan fingerprint density at radius 2 is 2.29 bits per heavy atom. The first-order chi connectivity index (χ1) is 8.02. The summed E-state index contributed by atoms with van der Waals surface area (Å²) in [7, 11) is 1.81. The number of hydrogen-bond donors (Lipinski definition) is 2. The fourth-order valence-electron chi connectivity index (χ4n) is 2.27. The lowest BCUT2D eigenvalue weighted by Crippen LogP contribution is -2.46. The van der Waals surface area contributed by atoms with Gasteiger partial charge in [-0.25, -0.2) is 4.98 Å². The summed E-state index contributed by atoms with van der Waals surface area (Å²) >= 11 is 0. The minimum Gasteiger partial charge on any atom is -0.388 e. The number of nitrogens with one attached hydrogen (secondary N) is 1. The SMILES string of the molecule is CNc1ncc(C)c(N2CCCC(C)(O)C2)n1. The molecule has 2 heterocycles. The molecule has 0 amide bonds. The molecule has 0 bridgehead atoms. The van der Waals surface area contributed by atoms with Gasteiger partial charge in [-0.15, -0.1) is 0 Å². The minimum atomic E-state index is -0.616. The van der Waals surface area contributed by atoms with E-state index in [0.717, 1.165) is 30.8 Å². The molecule has 5 nitrogen and oxygen atoms in total. The van der Waals surface area contributed by atoms with E-state index >= 15 is 0 Å². The van der Waals surface area contributed by atoms with Crippen molar-refractivity contribution in [2.75, 3.05) is 30.4 Å². The largest absolute Gasteiger partial charge is 0.388 e. The topological polar surface area (TPSA) is 61.3 Å². The molecular formula is C12H20N4O. The van der Waals surface area contributed by atoms with Gasteiger partial charge in [-0.1, -0.05) is 0 Å². The van der Waals surface area contributed by atoms with Gasteiger partial charge in [0.1, 0.15) is 5.82 Å². The molecule has 1 fully saturated rings. The molecule has 1 aliphatic rings. The summed E-state index contributed by atoms with van der Waals surface area (Å²) in [5.74, 6) is 1.54. The molecule has 1 aromatic rings. The number of nitrogens with zero attached hydrogens (tertiary/aromatic N) is 3. The number of piperidine rings is 1. The van der Waals surface area contributed by atoms with Gasteiger partial charge in [0, 0.05) is 31.9 Å². The monoisotopic (exact) mass is 236 g/mol. The molecular weight excluding hydrogens is 216 g/mol. The summed E-state index contributed by atoms with van der Waals surface area (Å²) in [6, 6.07) is 0. The van der Waals surface area contributed by atoms with Gasteiger partial charge in [-0.3, -0.25) is 0 Å². The molecule has 2 rings (SSSR count). The first kappa shape index (κ1) is 12.1. The molecule has 0 spiro atoms. The molecule has 0 radical (unpaired) electrons. The molecule has 1 aliphatic heterocycles. The molecule has 0 aliphatic carbocycles. The van der Waals surface area contributed by atoms with E-state index in [0.29, 0.717) is 12.5 Å². The van der Waals surface area contributed by atoms with Gasteiger partial charge >= 0.3 is 0 Å². The molecule has 17 heavy (non-hydrogen) atoms. The molecule has 1 unspecified atom stereocenters. The van der Waals surface area contributed by atoms with Crippen LogP contribution in [0.25, 0.3) is 0 Å². The Balaban J connectivity index is 2.26. The highest BCUT2D eigenvalue weighted by molar-refractivity contribution is 5.49. The van der Waals surface area contributed by atoms with Crippen molar-refractivity contribution < 1.29 is 5.11 Å². The Bertz CT molecular complexity index is 405. The van der Waals surface area contributed by atoms with E-state index < -0.39 is 5.60 Å². The molecule has 1 saturated heterocycles. The quantitative estimate of drug-likeness (QED) is 0.807. The van der Waals surface area contributed by atoms with Crippen LogP contribution in [-0.4, -0.2) is 40.8 Å².